The van der Waals surface area contributed by atoms with Gasteiger partial charge in [-0.05, 0) is 5.56 Å². The lowest BCUT2D eigenvalue weighted by Crippen LogP contribution is -2.13. The van der Waals surface area contributed by atoms with Crippen molar-refractivity contribution in [1.29, 1.82) is 0 Å². The molecule has 7 heteroatoms. The van der Waals surface area contributed by atoms with Gasteiger partial charge in [-0.1, -0.05) is 11.3 Å². The summed E-state index contributed by atoms with van der Waals surface area (Å²) in [6.07, 6.45) is 0. The molecule has 1 aromatic rings. The summed E-state index contributed by atoms with van der Waals surface area (Å²) in [6, 6.07) is 0.862. The Hall–Kier alpha value is -0.690. The van der Waals surface area contributed by atoms with Crippen LogP contribution in [0.1, 0.15) is 11.6 Å². The minimum Gasteiger partial charge on any atom is -0.394 e. The lowest BCUT2D eigenvalue weighted by Gasteiger charge is -2.02. The topological polar surface area (TPSA) is 89.4 Å². The zero-order valence-corrected chi connectivity index (χ0v) is 8.18. The van der Waals surface area contributed by atoms with Gasteiger partial charge in [-0.15, -0.1) is 12.4 Å². The van der Waals surface area contributed by atoms with Gasteiger partial charge in [-0.3, -0.25) is 10.1 Å². The highest BCUT2D eigenvalue weighted by atomic mass is 35.5. The molecule has 0 saturated carbocycles. The first-order valence-corrected chi connectivity index (χ1v) is 4.12. The van der Waals surface area contributed by atoms with Gasteiger partial charge in [0, 0.05) is 11.4 Å². The Balaban J connectivity index is 0.00000144. The van der Waals surface area contributed by atoms with E-state index in [-0.39, 0.29) is 24.0 Å². The molecule has 0 aliphatic rings. The Morgan fingerprint density at radius 3 is 2.77 bits per heavy atom. The molecule has 74 valence electrons. The Morgan fingerprint density at radius 1 is 1.77 bits per heavy atom. The maximum Gasteiger partial charge on any atom is 0.324 e. The lowest BCUT2D eigenvalue weighted by molar-refractivity contribution is -0.380. The predicted molar refractivity (Wildman–Crippen MR) is 52.2 cm³/mol. The van der Waals surface area contributed by atoms with Crippen LogP contribution < -0.4 is 5.73 Å². The van der Waals surface area contributed by atoms with E-state index < -0.39 is 11.0 Å². The molecule has 5 nitrogen and oxygen atoms in total. The Kier molecular flexibility index (Phi) is 4.86. The van der Waals surface area contributed by atoms with Crippen LogP contribution in [0.15, 0.2) is 11.4 Å². The summed E-state index contributed by atoms with van der Waals surface area (Å²) in [6.45, 7) is -0.201. The van der Waals surface area contributed by atoms with Gasteiger partial charge in [0.25, 0.3) is 0 Å². The minimum absolute atomic E-state index is 0. The summed E-state index contributed by atoms with van der Waals surface area (Å²) in [7, 11) is 0. The molecule has 13 heavy (non-hydrogen) atoms. The average molecular weight is 225 g/mol. The number of halogens is 1. The molecule has 0 unspecified atom stereocenters. The van der Waals surface area contributed by atoms with Crippen molar-refractivity contribution < 1.29 is 10.0 Å². The number of rotatable bonds is 3. The molecular formula is C6H9ClN2O3S. The van der Waals surface area contributed by atoms with E-state index >= 15 is 0 Å². The molecule has 1 rings (SSSR count). The largest absolute Gasteiger partial charge is 0.394 e. The van der Waals surface area contributed by atoms with Crippen LogP contribution in [0.2, 0.25) is 0 Å². The average Bonchev–Trinajstić information content (AvgIpc) is 2.51. The van der Waals surface area contributed by atoms with Crippen LogP contribution >= 0.6 is 23.7 Å². The third-order valence-corrected chi connectivity index (χ3v) is 2.31. The second-order valence-electron chi connectivity index (χ2n) is 2.26. The monoisotopic (exact) mass is 224 g/mol. The summed E-state index contributed by atoms with van der Waals surface area (Å²) in [5.41, 5.74) is 6.05. The molecule has 0 aliphatic heterocycles. The van der Waals surface area contributed by atoms with Crippen LogP contribution in [-0.2, 0) is 0 Å². The number of nitrogens with zero attached hydrogens (tertiary/aromatic N) is 1. The maximum absolute atomic E-state index is 10.2. The van der Waals surface area contributed by atoms with Gasteiger partial charge in [-0.25, -0.2) is 0 Å². The van der Waals surface area contributed by atoms with Crippen LogP contribution in [0.5, 0.6) is 0 Å². The van der Waals surface area contributed by atoms with E-state index in [4.69, 9.17) is 10.8 Å². The van der Waals surface area contributed by atoms with E-state index in [0.29, 0.717) is 5.56 Å². The SMILES string of the molecule is Cl.N[C@H](CO)c1csc([N+](=O)[O-])c1. The van der Waals surface area contributed by atoms with Gasteiger partial charge in [0.2, 0.25) is 0 Å². The van der Waals surface area contributed by atoms with E-state index in [9.17, 15) is 10.1 Å². The number of thiophene rings is 1. The van der Waals surface area contributed by atoms with E-state index in [1.807, 2.05) is 0 Å². The molecular weight excluding hydrogens is 216 g/mol. The van der Waals surface area contributed by atoms with E-state index in [1.165, 1.54) is 6.07 Å². The van der Waals surface area contributed by atoms with Gasteiger partial charge >= 0.3 is 5.00 Å². The molecule has 3 N–H and O–H groups in total. The fourth-order valence-corrected chi connectivity index (χ4v) is 1.52. The van der Waals surface area contributed by atoms with Crippen molar-refractivity contribution in [2.75, 3.05) is 6.61 Å². The van der Waals surface area contributed by atoms with Crippen LogP contribution in [0.4, 0.5) is 5.00 Å². The van der Waals surface area contributed by atoms with Gasteiger partial charge < -0.3 is 10.8 Å². The molecule has 0 saturated heterocycles. The highest BCUT2D eigenvalue weighted by molar-refractivity contribution is 7.13. The van der Waals surface area contributed by atoms with E-state index in [2.05, 4.69) is 0 Å². The van der Waals surface area contributed by atoms with E-state index in [0.717, 1.165) is 11.3 Å². The molecule has 0 spiro atoms. The fraction of sp³-hybridized carbons (Fsp3) is 0.333. The minimum atomic E-state index is -0.519. The highest BCUT2D eigenvalue weighted by Crippen LogP contribution is 2.25. The zero-order valence-electron chi connectivity index (χ0n) is 6.54. The number of nitrogens with two attached hydrogens (primary N) is 1. The second kappa shape index (κ2) is 5.13. The van der Waals surface area contributed by atoms with Gasteiger partial charge in [-0.2, -0.15) is 0 Å². The molecule has 0 aromatic carbocycles. The second-order valence-corrected chi connectivity index (χ2v) is 3.15. The smallest absolute Gasteiger partial charge is 0.324 e. The van der Waals surface area contributed by atoms with Crippen molar-refractivity contribution in [3.05, 3.63) is 27.1 Å². The van der Waals surface area contributed by atoms with Crippen molar-refractivity contribution in [2.24, 2.45) is 5.73 Å². The van der Waals surface area contributed by atoms with Crippen molar-refractivity contribution in [3.8, 4) is 0 Å². The number of aliphatic hydroxyl groups excluding tert-OH is 1. The third-order valence-electron chi connectivity index (χ3n) is 1.41. The molecule has 1 atom stereocenters. The quantitative estimate of drug-likeness (QED) is 0.594. The molecule has 0 aliphatic carbocycles. The molecule has 0 fully saturated rings. The summed E-state index contributed by atoms with van der Waals surface area (Å²) in [4.78, 5) is 9.76. The van der Waals surface area contributed by atoms with Crippen molar-refractivity contribution >= 4 is 28.7 Å². The predicted octanol–water partition coefficient (Wildman–Crippen LogP) is 1.07. The maximum atomic E-state index is 10.2. The van der Waals surface area contributed by atoms with Crippen LogP contribution in [0, 0.1) is 10.1 Å². The van der Waals surface area contributed by atoms with Crippen molar-refractivity contribution in [1.82, 2.24) is 0 Å². The standard InChI is InChI=1S/C6H8N2O3S.ClH/c7-5(2-9)4-1-6(8(10)11)12-3-4;/h1,3,5,9H,2,7H2;1H/t5-;/m1./s1. The number of hydrogen-bond donors (Lipinski definition) is 2. The third kappa shape index (κ3) is 2.92. The van der Waals surface area contributed by atoms with Crippen LogP contribution in [0.25, 0.3) is 0 Å². The van der Waals surface area contributed by atoms with Gasteiger partial charge in [0.05, 0.1) is 17.6 Å². The lowest BCUT2D eigenvalue weighted by atomic mass is 10.2. The number of hydrogen-bond acceptors (Lipinski definition) is 5. The van der Waals surface area contributed by atoms with Crippen molar-refractivity contribution in [3.63, 3.8) is 0 Å². The number of nitro groups is 1. The van der Waals surface area contributed by atoms with Crippen LogP contribution in [0.3, 0.4) is 0 Å². The summed E-state index contributed by atoms with van der Waals surface area (Å²) in [5, 5.41) is 20.5. The highest BCUT2D eigenvalue weighted by Gasteiger charge is 2.13. The first kappa shape index (κ1) is 12.3. The first-order chi connectivity index (χ1) is 5.65. The fourth-order valence-electron chi connectivity index (χ4n) is 0.735. The molecule has 0 amide bonds. The Bertz CT molecular complexity index is 291. The first-order valence-electron chi connectivity index (χ1n) is 3.24. The molecule has 1 heterocycles. The van der Waals surface area contributed by atoms with Crippen LogP contribution in [-0.4, -0.2) is 16.6 Å². The molecule has 0 radical (unpaired) electrons. The summed E-state index contributed by atoms with van der Waals surface area (Å²) >= 11 is 1.01. The summed E-state index contributed by atoms with van der Waals surface area (Å²) in [5.74, 6) is 0. The normalized spacial score (nSPS) is 11.8. The summed E-state index contributed by atoms with van der Waals surface area (Å²) < 4.78 is 0. The van der Waals surface area contributed by atoms with Crippen molar-refractivity contribution in [2.45, 2.75) is 6.04 Å². The van der Waals surface area contributed by atoms with E-state index in [1.54, 1.807) is 5.38 Å². The van der Waals surface area contributed by atoms with Gasteiger partial charge in [0.15, 0.2) is 0 Å². The Morgan fingerprint density at radius 2 is 2.38 bits per heavy atom. The molecule has 0 bridgehead atoms. The zero-order chi connectivity index (χ0) is 9.14. The van der Waals surface area contributed by atoms with Gasteiger partial charge in [0.1, 0.15) is 0 Å². The number of aliphatic hydroxyl groups is 1. The Labute approximate surface area is 84.7 Å². The molecule has 1 aromatic heterocycles.